The summed E-state index contributed by atoms with van der Waals surface area (Å²) in [6, 6.07) is 10.3. The molecule has 5 rings (SSSR count). The van der Waals surface area contributed by atoms with Gasteiger partial charge in [0.25, 0.3) is 0 Å². The molecule has 1 saturated heterocycles. The van der Waals surface area contributed by atoms with Gasteiger partial charge in [0.05, 0.1) is 44.1 Å². The maximum atomic E-state index is 14.1. The molecule has 1 fully saturated rings. The number of hydrogen-bond donors (Lipinski definition) is 0. The van der Waals surface area contributed by atoms with Crippen LogP contribution in [0.5, 0.6) is 5.88 Å². The molecule has 0 unspecified atom stereocenters. The molecule has 42 heavy (non-hydrogen) atoms. The Hall–Kier alpha value is -4.02. The van der Waals surface area contributed by atoms with Crippen LogP contribution in [0.4, 0.5) is 4.39 Å². The smallest absolute Gasteiger partial charge is 0.330 e. The van der Waals surface area contributed by atoms with E-state index >= 15 is 0 Å². The molecule has 9 nitrogen and oxygen atoms in total. The van der Waals surface area contributed by atoms with Gasteiger partial charge < -0.3 is 18.6 Å². The van der Waals surface area contributed by atoms with Crippen LogP contribution >= 0.6 is 11.6 Å². The van der Waals surface area contributed by atoms with Crippen LogP contribution in [0.25, 0.3) is 6.08 Å². The number of aryl methyl sites for hydroxylation is 1. The van der Waals surface area contributed by atoms with Crippen LogP contribution < -0.4 is 4.74 Å². The largest absolute Gasteiger partial charge is 0.473 e. The van der Waals surface area contributed by atoms with Gasteiger partial charge in [-0.15, -0.1) is 0 Å². The number of piperidine rings is 1. The highest BCUT2D eigenvalue weighted by Crippen LogP contribution is 2.29. The number of benzene rings is 1. The molecule has 0 radical (unpaired) electrons. The molecule has 1 aliphatic heterocycles. The summed E-state index contributed by atoms with van der Waals surface area (Å²) in [7, 11) is 1.36. The van der Waals surface area contributed by atoms with E-state index in [1.165, 1.54) is 19.3 Å². The Labute approximate surface area is 249 Å². The van der Waals surface area contributed by atoms with Crippen LogP contribution in [-0.2, 0) is 35.8 Å². The lowest BCUT2D eigenvalue weighted by Gasteiger charge is -2.31. The molecular formula is C31H34ClFN6O3. The van der Waals surface area contributed by atoms with Crippen LogP contribution in [0, 0.1) is 5.82 Å². The van der Waals surface area contributed by atoms with E-state index in [4.69, 9.17) is 31.0 Å². The zero-order valence-electron chi connectivity index (χ0n) is 23.7. The third-order valence-electron chi connectivity index (χ3n) is 7.53. The Balaban J connectivity index is 1.22. The van der Waals surface area contributed by atoms with Crippen molar-refractivity contribution in [1.29, 1.82) is 0 Å². The molecule has 1 aromatic carbocycles. The van der Waals surface area contributed by atoms with Crippen molar-refractivity contribution in [3.05, 3.63) is 101 Å². The predicted octanol–water partition coefficient (Wildman–Crippen LogP) is 5.48. The van der Waals surface area contributed by atoms with Crippen molar-refractivity contribution in [2.24, 2.45) is 0 Å². The third-order valence-corrected chi connectivity index (χ3v) is 7.76. The summed E-state index contributed by atoms with van der Waals surface area (Å²) >= 11 is 5.85. The van der Waals surface area contributed by atoms with E-state index in [1.54, 1.807) is 30.5 Å². The topological polar surface area (TPSA) is 87.3 Å². The maximum Gasteiger partial charge on any atom is 0.330 e. The second kappa shape index (κ2) is 13.8. The average molecular weight is 593 g/mol. The molecule has 0 saturated carbocycles. The molecule has 4 aromatic rings. The van der Waals surface area contributed by atoms with Crippen molar-refractivity contribution >= 4 is 23.6 Å². The number of rotatable bonds is 11. The summed E-state index contributed by atoms with van der Waals surface area (Å²) in [5, 5.41) is 0.353. The monoisotopic (exact) mass is 592 g/mol. The first-order chi connectivity index (χ1) is 20.4. The Morgan fingerprint density at radius 3 is 2.76 bits per heavy atom. The normalized spacial score (nSPS) is 14.5. The Morgan fingerprint density at radius 1 is 1.17 bits per heavy atom. The minimum atomic E-state index is -0.412. The second-order valence-corrected chi connectivity index (χ2v) is 10.6. The summed E-state index contributed by atoms with van der Waals surface area (Å²) in [6.45, 7) is 6.04. The van der Waals surface area contributed by atoms with E-state index in [2.05, 4.69) is 25.9 Å². The average Bonchev–Trinajstić information content (AvgIpc) is 3.62. The van der Waals surface area contributed by atoms with E-state index in [0.29, 0.717) is 35.5 Å². The van der Waals surface area contributed by atoms with Gasteiger partial charge in [-0.05, 0) is 57.1 Å². The highest BCUT2D eigenvalue weighted by atomic mass is 35.5. The Kier molecular flexibility index (Phi) is 9.66. The van der Waals surface area contributed by atoms with Gasteiger partial charge in [0, 0.05) is 47.1 Å². The number of aromatic nitrogens is 5. The van der Waals surface area contributed by atoms with Crippen molar-refractivity contribution in [2.45, 2.75) is 51.9 Å². The number of halogens is 2. The fourth-order valence-corrected chi connectivity index (χ4v) is 5.29. The first-order valence-electron chi connectivity index (χ1n) is 14.0. The van der Waals surface area contributed by atoms with Gasteiger partial charge in [-0.25, -0.2) is 24.1 Å². The molecule has 0 N–H and O–H groups in total. The molecule has 11 heteroatoms. The Bertz CT molecular complexity index is 1540. The van der Waals surface area contributed by atoms with E-state index in [1.807, 2.05) is 24.7 Å². The van der Waals surface area contributed by atoms with E-state index in [-0.39, 0.29) is 6.61 Å². The number of esters is 1. The van der Waals surface area contributed by atoms with E-state index in [0.717, 1.165) is 55.4 Å². The minimum absolute atomic E-state index is 0.0837. The van der Waals surface area contributed by atoms with Crippen molar-refractivity contribution in [3.8, 4) is 5.88 Å². The SMILES string of the molecule is CCn1cncc1Cn1c(/C=C/C(=O)OC)cnc1CN1CCC(c2cccc(OCc3ccc(Cl)cc3F)n2)CC1. The molecule has 4 heterocycles. The van der Waals surface area contributed by atoms with Gasteiger partial charge in [-0.2, -0.15) is 0 Å². The molecule has 0 bridgehead atoms. The molecule has 0 atom stereocenters. The zero-order valence-corrected chi connectivity index (χ0v) is 24.5. The lowest BCUT2D eigenvalue weighted by atomic mass is 9.93. The summed E-state index contributed by atoms with van der Waals surface area (Å²) in [5.74, 6) is 0.892. The van der Waals surface area contributed by atoms with Gasteiger partial charge in [-0.3, -0.25) is 4.90 Å². The number of imidazole rings is 2. The highest BCUT2D eigenvalue weighted by Gasteiger charge is 2.24. The second-order valence-electron chi connectivity index (χ2n) is 10.2. The number of likely N-dealkylation sites (tertiary alicyclic amines) is 1. The van der Waals surface area contributed by atoms with Crippen molar-refractivity contribution in [2.75, 3.05) is 20.2 Å². The summed E-state index contributed by atoms with van der Waals surface area (Å²) in [4.78, 5) is 27.9. The number of nitrogens with zero attached hydrogens (tertiary/aromatic N) is 6. The fourth-order valence-electron chi connectivity index (χ4n) is 5.13. The maximum absolute atomic E-state index is 14.1. The first-order valence-corrected chi connectivity index (χ1v) is 14.4. The molecule has 0 amide bonds. The predicted molar refractivity (Wildman–Crippen MR) is 158 cm³/mol. The fraction of sp³-hybridized carbons (Fsp3) is 0.355. The van der Waals surface area contributed by atoms with Gasteiger partial charge in [-0.1, -0.05) is 23.7 Å². The lowest BCUT2D eigenvalue weighted by molar-refractivity contribution is -0.134. The molecule has 220 valence electrons. The van der Waals surface area contributed by atoms with Gasteiger partial charge in [0.15, 0.2) is 0 Å². The summed E-state index contributed by atoms with van der Waals surface area (Å²) < 4.78 is 28.9. The van der Waals surface area contributed by atoms with E-state index < -0.39 is 11.8 Å². The zero-order chi connectivity index (χ0) is 29.5. The number of carbonyl (C=O) groups is 1. The third kappa shape index (κ3) is 7.24. The van der Waals surface area contributed by atoms with Crippen LogP contribution in [0.2, 0.25) is 5.02 Å². The van der Waals surface area contributed by atoms with Crippen molar-refractivity contribution in [1.82, 2.24) is 29.0 Å². The van der Waals surface area contributed by atoms with Gasteiger partial charge in [0.2, 0.25) is 5.88 Å². The quantitative estimate of drug-likeness (QED) is 0.168. The molecule has 1 aliphatic rings. The van der Waals surface area contributed by atoms with Crippen molar-refractivity contribution < 1.29 is 18.7 Å². The van der Waals surface area contributed by atoms with Crippen LogP contribution in [-0.4, -0.2) is 55.2 Å². The number of carbonyl (C=O) groups excluding carboxylic acids is 1. The van der Waals surface area contributed by atoms with Crippen LogP contribution in [0.1, 0.15) is 54.2 Å². The number of methoxy groups -OCH3 is 1. The molecule has 0 spiro atoms. The van der Waals surface area contributed by atoms with Crippen LogP contribution in [0.3, 0.4) is 0 Å². The summed E-state index contributed by atoms with van der Waals surface area (Å²) in [6.07, 6.45) is 10.5. The minimum Gasteiger partial charge on any atom is -0.473 e. The van der Waals surface area contributed by atoms with Gasteiger partial charge in [0.1, 0.15) is 18.2 Å². The Morgan fingerprint density at radius 2 is 2.00 bits per heavy atom. The van der Waals surface area contributed by atoms with Gasteiger partial charge >= 0.3 is 5.97 Å². The lowest BCUT2D eigenvalue weighted by Crippen LogP contribution is -2.33. The standard InChI is InChI=1S/C31H34ClFN6O3/c1-3-38-21-34-16-26(38)18-39-25(9-10-31(40)41-2)17-35-29(39)19-37-13-11-22(12-14-37)28-5-4-6-30(36-28)42-20-23-7-8-24(32)15-27(23)33/h4-10,15-17,21-22H,3,11-14,18-20H2,1-2H3/b10-9+. The van der Waals surface area contributed by atoms with E-state index in [9.17, 15) is 9.18 Å². The summed E-state index contributed by atoms with van der Waals surface area (Å²) in [5.41, 5.74) is 3.30. The molecule has 3 aromatic heterocycles. The van der Waals surface area contributed by atoms with Crippen molar-refractivity contribution in [3.63, 3.8) is 0 Å². The number of pyridine rings is 1. The first kappa shape index (κ1) is 29.5. The number of hydrogen-bond acceptors (Lipinski definition) is 7. The van der Waals surface area contributed by atoms with Crippen LogP contribution in [0.15, 0.2) is 61.2 Å². The highest BCUT2D eigenvalue weighted by molar-refractivity contribution is 6.30. The molecule has 0 aliphatic carbocycles. The number of ether oxygens (including phenoxy) is 2. The molecular weight excluding hydrogens is 559 g/mol.